The fourth-order valence-electron chi connectivity index (χ4n) is 1.98. The van der Waals surface area contributed by atoms with Crippen molar-refractivity contribution in [1.29, 1.82) is 0 Å². The number of halogens is 1. The number of carbonyl (C=O) groups excluding carboxylic acids is 1. The Labute approximate surface area is 129 Å². The molecule has 0 atom stereocenters. The van der Waals surface area contributed by atoms with Crippen molar-refractivity contribution >= 4 is 17.5 Å². The first-order valence-electron chi connectivity index (χ1n) is 6.67. The molecule has 0 aliphatic heterocycles. The first-order chi connectivity index (χ1) is 10.2. The molecular weight excluding hydrogens is 288 g/mol. The number of pyridine rings is 1. The highest BCUT2D eigenvalue weighted by molar-refractivity contribution is 6.33. The van der Waals surface area contributed by atoms with Crippen molar-refractivity contribution < 1.29 is 9.53 Å². The van der Waals surface area contributed by atoms with Gasteiger partial charge in [-0.3, -0.25) is 9.78 Å². The summed E-state index contributed by atoms with van der Waals surface area (Å²) in [4.78, 5) is 18.2. The Kier molecular flexibility index (Phi) is 5.17. The summed E-state index contributed by atoms with van der Waals surface area (Å²) in [6.07, 6.45) is 3.07. The highest BCUT2D eigenvalue weighted by Crippen LogP contribution is 2.18. The van der Waals surface area contributed by atoms with Gasteiger partial charge in [0.25, 0.3) is 5.91 Å². The summed E-state index contributed by atoms with van der Waals surface area (Å²) in [7, 11) is 1.63. The fourth-order valence-corrected chi connectivity index (χ4v) is 2.17. The lowest BCUT2D eigenvalue weighted by Gasteiger charge is -2.21. The molecule has 0 spiro atoms. The molecule has 0 radical (unpaired) electrons. The van der Waals surface area contributed by atoms with Crippen LogP contribution in [-0.2, 0) is 6.54 Å². The van der Waals surface area contributed by atoms with Crippen molar-refractivity contribution in [1.82, 2.24) is 9.88 Å². The molecule has 1 heterocycles. The van der Waals surface area contributed by atoms with Crippen molar-refractivity contribution in [2.24, 2.45) is 0 Å². The Morgan fingerprint density at radius 2 is 2.00 bits per heavy atom. The number of nitrogens with zero attached hydrogens (tertiary/aromatic N) is 2. The van der Waals surface area contributed by atoms with Crippen LogP contribution in [0, 0.1) is 0 Å². The molecule has 1 aromatic carbocycles. The number of carbonyl (C=O) groups is 1. The molecule has 0 saturated heterocycles. The van der Waals surface area contributed by atoms with Gasteiger partial charge in [-0.2, -0.15) is 0 Å². The molecule has 0 bridgehead atoms. The molecule has 0 unspecified atom stereocenters. The van der Waals surface area contributed by atoms with Crippen LogP contribution in [0.3, 0.4) is 0 Å². The van der Waals surface area contributed by atoms with E-state index in [2.05, 4.69) is 4.98 Å². The fraction of sp³-hybridized carbons (Fsp3) is 0.250. The van der Waals surface area contributed by atoms with Gasteiger partial charge in [-0.05, 0) is 30.7 Å². The maximum atomic E-state index is 12.5. The minimum atomic E-state index is -0.119. The summed E-state index contributed by atoms with van der Waals surface area (Å²) in [5, 5.41) is 0.420. The average Bonchev–Trinajstić information content (AvgIpc) is 2.53. The van der Waals surface area contributed by atoms with Crippen LogP contribution in [0.1, 0.15) is 22.8 Å². The maximum absolute atomic E-state index is 12.5. The molecule has 21 heavy (non-hydrogen) atoms. The second-order valence-corrected chi connectivity index (χ2v) is 4.93. The highest BCUT2D eigenvalue weighted by Gasteiger charge is 2.17. The van der Waals surface area contributed by atoms with Gasteiger partial charge in [-0.15, -0.1) is 0 Å². The van der Waals surface area contributed by atoms with Crippen LogP contribution in [0.5, 0.6) is 5.75 Å². The van der Waals surface area contributed by atoms with Gasteiger partial charge in [0, 0.05) is 25.5 Å². The van der Waals surface area contributed by atoms with Crippen LogP contribution in [0.4, 0.5) is 0 Å². The Morgan fingerprint density at radius 1 is 1.29 bits per heavy atom. The third-order valence-electron chi connectivity index (χ3n) is 3.20. The van der Waals surface area contributed by atoms with E-state index in [0.29, 0.717) is 23.7 Å². The maximum Gasteiger partial charge on any atom is 0.257 e. The normalized spacial score (nSPS) is 10.2. The lowest BCUT2D eigenvalue weighted by Crippen LogP contribution is -2.30. The predicted octanol–water partition coefficient (Wildman–Crippen LogP) is 3.41. The molecule has 2 rings (SSSR count). The Morgan fingerprint density at radius 3 is 2.57 bits per heavy atom. The number of aromatic nitrogens is 1. The van der Waals surface area contributed by atoms with E-state index >= 15 is 0 Å². The SMILES string of the molecule is CCN(Cc1ccc(OC)cc1)C(=O)c1cnccc1Cl. The van der Waals surface area contributed by atoms with Gasteiger partial charge in [0.1, 0.15) is 5.75 Å². The number of benzene rings is 1. The van der Waals surface area contributed by atoms with Crippen molar-refractivity contribution in [3.63, 3.8) is 0 Å². The van der Waals surface area contributed by atoms with Crippen molar-refractivity contribution in [2.75, 3.05) is 13.7 Å². The molecule has 0 fully saturated rings. The monoisotopic (exact) mass is 304 g/mol. The van der Waals surface area contributed by atoms with Crippen LogP contribution in [-0.4, -0.2) is 29.4 Å². The average molecular weight is 305 g/mol. The summed E-state index contributed by atoms with van der Waals surface area (Å²) in [6.45, 7) is 3.05. The third-order valence-corrected chi connectivity index (χ3v) is 3.53. The molecule has 4 nitrogen and oxygen atoms in total. The van der Waals surface area contributed by atoms with Crippen LogP contribution < -0.4 is 4.74 Å². The smallest absolute Gasteiger partial charge is 0.257 e. The van der Waals surface area contributed by atoms with Gasteiger partial charge < -0.3 is 9.64 Å². The molecule has 0 saturated carbocycles. The molecule has 110 valence electrons. The molecular formula is C16H17ClN2O2. The number of methoxy groups -OCH3 is 1. The van der Waals surface area contributed by atoms with Crippen molar-refractivity contribution in [3.8, 4) is 5.75 Å². The Balaban J connectivity index is 2.15. The largest absolute Gasteiger partial charge is 0.497 e. The minimum Gasteiger partial charge on any atom is -0.497 e. The van der Waals surface area contributed by atoms with Crippen molar-refractivity contribution in [3.05, 3.63) is 58.9 Å². The molecule has 0 aliphatic carbocycles. The lowest BCUT2D eigenvalue weighted by molar-refractivity contribution is 0.0752. The summed E-state index contributed by atoms with van der Waals surface area (Å²) < 4.78 is 5.13. The number of hydrogen-bond donors (Lipinski definition) is 0. The van der Waals surface area contributed by atoms with Gasteiger partial charge in [-0.1, -0.05) is 23.7 Å². The topological polar surface area (TPSA) is 42.4 Å². The number of ether oxygens (including phenoxy) is 1. The van der Waals surface area contributed by atoms with E-state index in [1.54, 1.807) is 24.3 Å². The van der Waals surface area contributed by atoms with E-state index < -0.39 is 0 Å². The molecule has 0 N–H and O–H groups in total. The van der Waals surface area contributed by atoms with E-state index in [-0.39, 0.29) is 5.91 Å². The first kappa shape index (κ1) is 15.3. The summed E-state index contributed by atoms with van der Waals surface area (Å²) in [6, 6.07) is 9.27. The molecule has 2 aromatic rings. The highest BCUT2D eigenvalue weighted by atomic mass is 35.5. The van der Waals surface area contributed by atoms with E-state index in [9.17, 15) is 4.79 Å². The number of rotatable bonds is 5. The van der Waals surface area contributed by atoms with Crippen LogP contribution in [0.2, 0.25) is 5.02 Å². The number of amides is 1. The second-order valence-electron chi connectivity index (χ2n) is 4.52. The molecule has 1 amide bonds. The van der Waals surface area contributed by atoms with E-state index in [1.165, 1.54) is 6.20 Å². The molecule has 5 heteroatoms. The second kappa shape index (κ2) is 7.09. The predicted molar refractivity (Wildman–Crippen MR) is 82.7 cm³/mol. The standard InChI is InChI=1S/C16H17ClN2O2/c1-3-19(11-12-4-6-13(21-2)7-5-12)16(20)14-10-18-9-8-15(14)17/h4-10H,3,11H2,1-2H3. The van der Waals surface area contributed by atoms with Crippen LogP contribution in [0.15, 0.2) is 42.7 Å². The zero-order valence-electron chi connectivity index (χ0n) is 12.0. The summed E-state index contributed by atoms with van der Waals surface area (Å²) >= 11 is 6.06. The van der Waals surface area contributed by atoms with Gasteiger partial charge in [0.2, 0.25) is 0 Å². The van der Waals surface area contributed by atoms with Crippen molar-refractivity contribution in [2.45, 2.75) is 13.5 Å². The van der Waals surface area contributed by atoms with Crippen LogP contribution >= 0.6 is 11.6 Å². The Hall–Kier alpha value is -2.07. The minimum absolute atomic E-state index is 0.119. The number of hydrogen-bond acceptors (Lipinski definition) is 3. The van der Waals surface area contributed by atoms with E-state index in [1.807, 2.05) is 31.2 Å². The zero-order chi connectivity index (χ0) is 15.2. The van der Waals surface area contributed by atoms with Gasteiger partial charge in [0.15, 0.2) is 0 Å². The van der Waals surface area contributed by atoms with E-state index in [0.717, 1.165) is 11.3 Å². The summed E-state index contributed by atoms with van der Waals surface area (Å²) in [5.74, 6) is 0.676. The van der Waals surface area contributed by atoms with Gasteiger partial charge in [0.05, 0.1) is 17.7 Å². The summed E-state index contributed by atoms with van der Waals surface area (Å²) in [5.41, 5.74) is 1.46. The molecule has 1 aromatic heterocycles. The third kappa shape index (κ3) is 3.73. The zero-order valence-corrected chi connectivity index (χ0v) is 12.8. The van der Waals surface area contributed by atoms with Gasteiger partial charge in [-0.25, -0.2) is 0 Å². The quantitative estimate of drug-likeness (QED) is 0.850. The van der Waals surface area contributed by atoms with E-state index in [4.69, 9.17) is 16.3 Å². The van der Waals surface area contributed by atoms with Crippen LogP contribution in [0.25, 0.3) is 0 Å². The Bertz CT molecular complexity index is 614. The molecule has 0 aliphatic rings. The van der Waals surface area contributed by atoms with Gasteiger partial charge >= 0.3 is 0 Å². The lowest BCUT2D eigenvalue weighted by atomic mass is 10.2. The first-order valence-corrected chi connectivity index (χ1v) is 7.05.